The van der Waals surface area contributed by atoms with Gasteiger partial charge in [-0.1, -0.05) is 0 Å². The van der Waals surface area contributed by atoms with Crippen molar-refractivity contribution in [3.05, 3.63) is 42.0 Å². The van der Waals surface area contributed by atoms with Gasteiger partial charge in [0.05, 0.1) is 0 Å². The molecule has 1 aliphatic heterocycles. The Morgan fingerprint density at radius 3 is 2.85 bits per heavy atom. The molecule has 1 fully saturated rings. The summed E-state index contributed by atoms with van der Waals surface area (Å²) in [5, 5.41) is 0. The third-order valence-corrected chi connectivity index (χ3v) is 4.37. The van der Waals surface area contributed by atoms with Crippen LogP contribution in [0.5, 0.6) is 0 Å². The van der Waals surface area contributed by atoms with Gasteiger partial charge >= 0.3 is 88.2 Å². The molecule has 0 bridgehead atoms. The minimum atomic E-state index is 0.206. The number of Topliss-reactive ketones (excluding diaryl/α,β-unsaturated/α-hetero) is 1. The van der Waals surface area contributed by atoms with E-state index in [2.05, 4.69) is 6.58 Å². The number of hydrogen-bond acceptors (Lipinski definition) is 1. The van der Waals surface area contributed by atoms with E-state index in [1.165, 1.54) is 4.43 Å². The zero-order chi connectivity index (χ0) is 9.26. The molecule has 1 aromatic rings. The Kier molecular flexibility index (Phi) is 2.49. The van der Waals surface area contributed by atoms with Gasteiger partial charge in [-0.25, -0.2) is 0 Å². The second kappa shape index (κ2) is 3.62. The monoisotopic (exact) mass is 285 g/mol. The van der Waals surface area contributed by atoms with Crippen LogP contribution in [-0.2, 0) is 0 Å². The fourth-order valence-corrected chi connectivity index (χ4v) is 2.64. The molecule has 1 heterocycles. The van der Waals surface area contributed by atoms with Crippen LogP contribution in [0.25, 0.3) is 6.08 Å². The van der Waals surface area contributed by atoms with E-state index in [1.807, 2.05) is 24.3 Å². The van der Waals surface area contributed by atoms with Crippen molar-refractivity contribution in [3.8, 4) is 0 Å². The van der Waals surface area contributed by atoms with Crippen LogP contribution >= 0.6 is 0 Å². The molecule has 68 valence electrons. The molecular formula is C11H10IO-. The first-order chi connectivity index (χ1) is 6.33. The molecule has 0 aromatic heterocycles. The molecule has 0 spiro atoms. The van der Waals surface area contributed by atoms with Crippen LogP contribution in [0, 0.1) is 0 Å². The normalized spacial score (nSPS) is 20.2. The second-order valence-electron chi connectivity index (χ2n) is 2.93. The summed E-state index contributed by atoms with van der Waals surface area (Å²) in [6.45, 7) is 3.71. The topological polar surface area (TPSA) is 17.1 Å². The van der Waals surface area contributed by atoms with Crippen LogP contribution in [0.2, 0.25) is 0 Å². The van der Waals surface area contributed by atoms with Crippen LogP contribution in [-0.4, -0.2) is 14.1 Å². The Bertz CT molecular complexity index is 353. The van der Waals surface area contributed by atoms with E-state index in [4.69, 9.17) is 0 Å². The van der Waals surface area contributed by atoms with Crippen molar-refractivity contribution in [3.63, 3.8) is 0 Å². The van der Waals surface area contributed by atoms with E-state index >= 15 is 0 Å². The van der Waals surface area contributed by atoms with Gasteiger partial charge in [0.25, 0.3) is 0 Å². The number of ketones is 1. The maximum absolute atomic E-state index is 11.8. The molecule has 1 aromatic carbocycles. The molecule has 2 rings (SSSR count). The zero-order valence-electron chi connectivity index (χ0n) is 7.16. The molecule has 13 heavy (non-hydrogen) atoms. The molecule has 1 nitrogen and oxygen atoms in total. The third kappa shape index (κ3) is 1.82. The van der Waals surface area contributed by atoms with Gasteiger partial charge in [0.2, 0.25) is 0 Å². The average molecular weight is 285 g/mol. The van der Waals surface area contributed by atoms with E-state index in [9.17, 15) is 4.79 Å². The van der Waals surface area contributed by atoms with Crippen molar-refractivity contribution >= 4 is 11.9 Å². The minimum absolute atomic E-state index is 0.206. The molecule has 1 saturated heterocycles. The van der Waals surface area contributed by atoms with Crippen molar-refractivity contribution < 1.29 is 26.0 Å². The Morgan fingerprint density at radius 1 is 1.54 bits per heavy atom. The molecule has 0 radical (unpaired) electrons. The Hall–Kier alpha value is -0.640. The SMILES string of the molecule is C=Cc1ccccc1C(=O)C1C[I-]1. The third-order valence-electron chi connectivity index (χ3n) is 2.04. The predicted octanol–water partition coefficient (Wildman–Crippen LogP) is -1.02. The number of halogens is 1. The summed E-state index contributed by atoms with van der Waals surface area (Å²) in [5.41, 5.74) is 1.84. The summed E-state index contributed by atoms with van der Waals surface area (Å²) in [4.78, 5) is 11.8. The Labute approximate surface area is 88.1 Å². The average Bonchev–Trinajstić information content (AvgIpc) is 3.00. The molecule has 1 aliphatic rings. The molecule has 0 N–H and O–H groups in total. The van der Waals surface area contributed by atoms with Gasteiger partial charge in [0.1, 0.15) is 0 Å². The molecular weight excluding hydrogens is 275 g/mol. The van der Waals surface area contributed by atoms with Crippen LogP contribution in [0.3, 0.4) is 0 Å². The van der Waals surface area contributed by atoms with Crippen LogP contribution in [0.1, 0.15) is 15.9 Å². The molecule has 1 atom stereocenters. The van der Waals surface area contributed by atoms with Gasteiger partial charge in [-0.2, -0.15) is 0 Å². The van der Waals surface area contributed by atoms with Crippen molar-refractivity contribution in [1.82, 2.24) is 0 Å². The van der Waals surface area contributed by atoms with Gasteiger partial charge in [-0.05, 0) is 0 Å². The summed E-state index contributed by atoms with van der Waals surface area (Å²) < 4.78 is 1.57. The van der Waals surface area contributed by atoms with E-state index in [0.717, 1.165) is 11.1 Å². The van der Waals surface area contributed by atoms with Gasteiger partial charge in [0, 0.05) is 0 Å². The fourth-order valence-electron chi connectivity index (χ4n) is 1.25. The van der Waals surface area contributed by atoms with Crippen LogP contribution < -0.4 is 21.2 Å². The number of benzene rings is 1. The summed E-state index contributed by atoms with van der Waals surface area (Å²) in [7, 11) is 0. The van der Waals surface area contributed by atoms with Gasteiger partial charge < -0.3 is 0 Å². The molecule has 0 saturated carbocycles. The molecule has 0 amide bonds. The quantitative estimate of drug-likeness (QED) is 0.395. The first kappa shape index (κ1) is 8.94. The molecule has 0 aliphatic carbocycles. The van der Waals surface area contributed by atoms with Crippen molar-refractivity contribution in [2.24, 2.45) is 0 Å². The number of carbonyl (C=O) groups excluding carboxylic acids is 1. The second-order valence-corrected chi connectivity index (χ2v) is 6.20. The zero-order valence-corrected chi connectivity index (χ0v) is 9.32. The maximum atomic E-state index is 11.8. The van der Waals surface area contributed by atoms with E-state index in [0.29, 0.717) is 9.71 Å². The van der Waals surface area contributed by atoms with Crippen LogP contribution in [0.15, 0.2) is 30.8 Å². The van der Waals surface area contributed by atoms with Gasteiger partial charge in [0.15, 0.2) is 0 Å². The number of carbonyl (C=O) groups is 1. The molecule has 1 unspecified atom stereocenters. The van der Waals surface area contributed by atoms with E-state index < -0.39 is 0 Å². The van der Waals surface area contributed by atoms with E-state index in [-0.39, 0.29) is 21.2 Å². The molecule has 2 heteroatoms. The summed E-state index contributed by atoms with van der Waals surface area (Å²) >= 11 is 0.206. The van der Waals surface area contributed by atoms with Crippen LogP contribution in [0.4, 0.5) is 0 Å². The van der Waals surface area contributed by atoms with E-state index in [1.54, 1.807) is 6.08 Å². The fraction of sp³-hybridized carbons (Fsp3) is 0.182. The van der Waals surface area contributed by atoms with Crippen molar-refractivity contribution in [2.45, 2.75) is 3.92 Å². The predicted molar refractivity (Wildman–Crippen MR) is 49.5 cm³/mol. The summed E-state index contributed by atoms with van der Waals surface area (Å²) in [6, 6.07) is 7.71. The summed E-state index contributed by atoms with van der Waals surface area (Å²) in [6.07, 6.45) is 1.76. The van der Waals surface area contributed by atoms with Gasteiger partial charge in [-0.15, -0.1) is 0 Å². The Morgan fingerprint density at radius 2 is 2.23 bits per heavy atom. The Balaban J connectivity index is 2.37. The first-order valence-corrected chi connectivity index (χ1v) is 6.93. The van der Waals surface area contributed by atoms with Gasteiger partial charge in [-0.3, -0.25) is 0 Å². The van der Waals surface area contributed by atoms with Crippen molar-refractivity contribution in [1.29, 1.82) is 0 Å². The standard InChI is InChI=1S/C11H10IO/c1-2-8-5-3-4-6-9(8)11(13)10-7-12-10/h2-6,10H,1,7H2/q-1. The number of alkyl halides is 2. The summed E-state index contributed by atoms with van der Waals surface area (Å²) in [5.74, 6) is 0.336. The van der Waals surface area contributed by atoms with Crippen molar-refractivity contribution in [2.75, 3.05) is 4.43 Å². The first-order valence-electron chi connectivity index (χ1n) is 4.16. The number of rotatable bonds is 3. The number of hydrogen-bond donors (Lipinski definition) is 0.